The molecule has 1 aliphatic rings. The molecule has 0 bridgehead atoms. The Morgan fingerprint density at radius 2 is 1.89 bits per heavy atom. The average Bonchev–Trinajstić information content (AvgIpc) is 2.31. The summed E-state index contributed by atoms with van der Waals surface area (Å²) in [7, 11) is 1.40. The maximum absolute atomic E-state index is 12.1. The summed E-state index contributed by atoms with van der Waals surface area (Å²) in [6, 6.07) is -0.635. The molecule has 0 aromatic rings. The first kappa shape index (κ1) is 18.0. The second-order valence-corrected chi connectivity index (χ2v) is 5.22. The van der Waals surface area contributed by atoms with Crippen molar-refractivity contribution in [2.24, 2.45) is 5.41 Å². The fourth-order valence-electron chi connectivity index (χ4n) is 1.74. The van der Waals surface area contributed by atoms with Crippen LogP contribution in [0.2, 0.25) is 0 Å². The Hall–Kier alpha value is -0.0400. The third-order valence-electron chi connectivity index (χ3n) is 2.97. The Bertz CT molecular complexity index is 351. The number of urea groups is 1. The zero-order valence-electron chi connectivity index (χ0n) is 11.4. The van der Waals surface area contributed by atoms with Gasteiger partial charge in [0.25, 0.3) is 0 Å². The van der Waals surface area contributed by atoms with Crippen LogP contribution < -0.4 is 5.32 Å². The second-order valence-electron chi connectivity index (χ2n) is 4.11. The first-order valence-corrected chi connectivity index (χ1v) is 6.86. The molecule has 18 heavy (non-hydrogen) atoms. The Morgan fingerprint density at radius 3 is 2.39 bits per heavy atom. The maximum atomic E-state index is 12.1. The monoisotopic (exact) mass is 281 g/mol. The van der Waals surface area contributed by atoms with Gasteiger partial charge in [0.15, 0.2) is 0 Å². The zero-order valence-corrected chi connectivity index (χ0v) is 14.2. The third-order valence-corrected chi connectivity index (χ3v) is 4.37. The topological polar surface area (TPSA) is 66.5 Å². The van der Waals surface area contributed by atoms with Crippen molar-refractivity contribution in [2.45, 2.75) is 26.7 Å². The maximum Gasteiger partial charge on any atom is 0.330 e. The van der Waals surface area contributed by atoms with Crippen molar-refractivity contribution in [3.05, 3.63) is 0 Å². The predicted molar refractivity (Wildman–Crippen MR) is 72.4 cm³/mol. The summed E-state index contributed by atoms with van der Waals surface area (Å²) in [5.41, 5.74) is -1.08. The number of hydrogen-bond donors (Lipinski definition) is 1. The molecule has 0 aromatic heterocycles. The van der Waals surface area contributed by atoms with E-state index in [2.05, 4.69) is 5.32 Å². The molecule has 4 amide bonds. The van der Waals surface area contributed by atoms with Gasteiger partial charge in [-0.05, 0) is 18.6 Å². The molecule has 1 heterocycles. The van der Waals surface area contributed by atoms with Gasteiger partial charge in [0.1, 0.15) is 5.41 Å². The quantitative estimate of drug-likeness (QED) is 0.461. The summed E-state index contributed by atoms with van der Waals surface area (Å²) < 4.78 is 0. The van der Waals surface area contributed by atoms with Crippen molar-refractivity contribution in [3.63, 3.8) is 0 Å². The molecular formula is C11H18N2NaO3S. The van der Waals surface area contributed by atoms with Crippen LogP contribution in [0.5, 0.6) is 0 Å². The Labute approximate surface area is 134 Å². The van der Waals surface area contributed by atoms with Crippen molar-refractivity contribution in [1.29, 1.82) is 0 Å². The Morgan fingerprint density at radius 1 is 1.28 bits per heavy atom. The molecular weight excluding hydrogens is 263 g/mol. The SMILES string of the molecule is CCCSCC1(CC)C(=O)NC(=O)N(C)C1=O.[Na]. The van der Waals surface area contributed by atoms with Gasteiger partial charge in [-0.25, -0.2) is 4.79 Å². The Balaban J connectivity index is 0.00000289. The molecule has 1 rings (SSSR count). The summed E-state index contributed by atoms with van der Waals surface area (Å²) in [5, 5.41) is 2.24. The first-order chi connectivity index (χ1) is 7.99. The molecule has 0 spiro atoms. The number of thioether (sulfide) groups is 1. The smallest absolute Gasteiger partial charge is 0.277 e. The molecule has 1 radical (unpaired) electrons. The van der Waals surface area contributed by atoms with E-state index >= 15 is 0 Å². The molecule has 7 heteroatoms. The van der Waals surface area contributed by atoms with Gasteiger partial charge in [-0.1, -0.05) is 13.8 Å². The largest absolute Gasteiger partial charge is 0.330 e. The molecule has 1 unspecified atom stereocenters. The predicted octanol–water partition coefficient (Wildman–Crippen LogP) is 0.853. The number of hydrogen-bond acceptors (Lipinski definition) is 4. The molecule has 1 atom stereocenters. The molecule has 0 aromatic carbocycles. The van der Waals surface area contributed by atoms with Crippen LogP contribution in [0.4, 0.5) is 4.79 Å². The van der Waals surface area contributed by atoms with Gasteiger partial charge in [-0.15, -0.1) is 0 Å². The van der Waals surface area contributed by atoms with Crippen LogP contribution in [-0.2, 0) is 9.59 Å². The van der Waals surface area contributed by atoms with Gasteiger partial charge < -0.3 is 0 Å². The number of rotatable bonds is 5. The zero-order chi connectivity index (χ0) is 13.1. The van der Waals surface area contributed by atoms with Crippen LogP contribution in [-0.4, -0.2) is 70.9 Å². The summed E-state index contributed by atoms with van der Waals surface area (Å²) in [6.45, 7) is 3.84. The van der Waals surface area contributed by atoms with Gasteiger partial charge in [-0.2, -0.15) is 11.8 Å². The van der Waals surface area contributed by atoms with Crippen molar-refractivity contribution < 1.29 is 14.4 Å². The van der Waals surface area contributed by atoms with E-state index in [9.17, 15) is 14.4 Å². The van der Waals surface area contributed by atoms with Crippen molar-refractivity contribution >= 4 is 59.2 Å². The van der Waals surface area contributed by atoms with Crippen LogP contribution in [0.3, 0.4) is 0 Å². The number of amides is 4. The standard InChI is InChI=1S/C11H18N2O3S.Na/c1-4-6-17-7-11(5-2)8(14)12-10(16)13(3)9(11)15;/h4-7H2,1-3H3,(H,12,14,16);. The number of carbonyl (C=O) groups is 3. The number of nitrogens with zero attached hydrogens (tertiary/aromatic N) is 1. The number of carbonyl (C=O) groups excluding carboxylic acids is 3. The van der Waals surface area contributed by atoms with E-state index in [4.69, 9.17) is 0 Å². The first-order valence-electron chi connectivity index (χ1n) is 5.71. The third kappa shape index (κ3) is 3.29. The van der Waals surface area contributed by atoms with Crippen molar-refractivity contribution in [2.75, 3.05) is 18.6 Å². The second kappa shape index (κ2) is 7.53. The van der Waals surface area contributed by atoms with Crippen LogP contribution in [0.25, 0.3) is 0 Å². The van der Waals surface area contributed by atoms with Crippen LogP contribution in [0, 0.1) is 5.41 Å². The molecule has 97 valence electrons. The molecule has 1 N–H and O–H groups in total. The molecule has 1 saturated heterocycles. The van der Waals surface area contributed by atoms with Gasteiger partial charge >= 0.3 is 6.03 Å². The molecule has 1 fully saturated rings. The van der Waals surface area contributed by atoms with Gasteiger partial charge in [0.05, 0.1) is 0 Å². The average molecular weight is 281 g/mol. The van der Waals surface area contributed by atoms with Crippen LogP contribution in [0.1, 0.15) is 26.7 Å². The van der Waals surface area contributed by atoms with Gasteiger partial charge in [-0.3, -0.25) is 19.8 Å². The minimum absolute atomic E-state index is 0. The van der Waals surface area contributed by atoms with Crippen LogP contribution >= 0.6 is 11.8 Å². The number of nitrogens with one attached hydrogen (secondary N) is 1. The van der Waals surface area contributed by atoms with E-state index in [0.29, 0.717) is 12.2 Å². The van der Waals surface area contributed by atoms with E-state index in [1.54, 1.807) is 18.7 Å². The molecule has 0 aliphatic carbocycles. The van der Waals surface area contributed by atoms with E-state index in [1.165, 1.54) is 7.05 Å². The molecule has 5 nitrogen and oxygen atoms in total. The van der Waals surface area contributed by atoms with E-state index in [0.717, 1.165) is 17.1 Å². The summed E-state index contributed by atoms with van der Waals surface area (Å²) in [5.74, 6) is 0.480. The minimum Gasteiger partial charge on any atom is -0.277 e. The Kier molecular flexibility index (Phi) is 7.51. The minimum atomic E-state index is -1.08. The summed E-state index contributed by atoms with van der Waals surface area (Å²) in [6.07, 6.45) is 1.40. The fraction of sp³-hybridized carbons (Fsp3) is 0.727. The van der Waals surface area contributed by atoms with Crippen molar-refractivity contribution in [1.82, 2.24) is 10.2 Å². The summed E-state index contributed by atoms with van der Waals surface area (Å²) in [4.78, 5) is 36.4. The van der Waals surface area contributed by atoms with E-state index in [-0.39, 0.29) is 29.6 Å². The van der Waals surface area contributed by atoms with E-state index in [1.807, 2.05) is 6.92 Å². The van der Waals surface area contributed by atoms with Gasteiger partial charge in [0.2, 0.25) is 11.8 Å². The summed E-state index contributed by atoms with van der Waals surface area (Å²) >= 11 is 1.57. The van der Waals surface area contributed by atoms with Crippen molar-refractivity contribution in [3.8, 4) is 0 Å². The fourth-order valence-corrected chi connectivity index (χ4v) is 2.98. The molecule has 0 saturated carbocycles. The number of barbiturate groups is 1. The van der Waals surface area contributed by atoms with E-state index < -0.39 is 23.3 Å². The number of imide groups is 2. The molecule has 1 aliphatic heterocycles. The van der Waals surface area contributed by atoms with Gasteiger partial charge in [0, 0.05) is 42.4 Å². The normalized spacial score (nSPS) is 23.7. The van der Waals surface area contributed by atoms with Crippen LogP contribution in [0.15, 0.2) is 0 Å².